The summed E-state index contributed by atoms with van der Waals surface area (Å²) in [6.07, 6.45) is -9.24. The van der Waals surface area contributed by atoms with Crippen molar-refractivity contribution in [2.75, 3.05) is 0 Å². The van der Waals surface area contributed by atoms with Gasteiger partial charge >= 0.3 is 12.7 Å². The smallest absolute Gasteiger partial charge is 0.404 e. The minimum Gasteiger partial charge on any atom is -0.404 e. The van der Waals surface area contributed by atoms with Crippen LogP contribution in [-0.2, 0) is 33.8 Å². The summed E-state index contributed by atoms with van der Waals surface area (Å²) in [4.78, 5) is 8.83. The Kier molecular flexibility index (Phi) is 10.8. The van der Waals surface area contributed by atoms with Crippen LogP contribution >= 0.6 is 56.4 Å². The molecule has 302 valence electrons. The highest BCUT2D eigenvalue weighted by Gasteiger charge is 2.62. The Morgan fingerprint density at radius 1 is 0.672 bits per heavy atom. The van der Waals surface area contributed by atoms with Crippen LogP contribution in [-0.4, -0.2) is 42.3 Å². The zero-order valence-electron chi connectivity index (χ0n) is 29.3. The van der Waals surface area contributed by atoms with Crippen LogP contribution in [0.2, 0.25) is 15.1 Å². The number of halogens is 9. The number of rotatable bonds is 13. The Hall–Kier alpha value is -4.17. The van der Waals surface area contributed by atoms with Crippen molar-refractivity contribution >= 4 is 56.4 Å². The zero-order valence-corrected chi connectivity index (χ0v) is 33.2. The number of epoxide rings is 2. The lowest BCUT2D eigenvalue weighted by Gasteiger charge is -2.19. The molecule has 6 aromatic rings. The number of nitrogens with zero attached hydrogens (tertiary/aromatic N) is 6. The molecule has 0 saturated carbocycles. The lowest BCUT2D eigenvalue weighted by molar-refractivity contribution is -0.275. The van der Waals surface area contributed by atoms with E-state index in [1.165, 1.54) is 53.7 Å². The minimum atomic E-state index is -5.02. The van der Waals surface area contributed by atoms with Gasteiger partial charge in [0, 0.05) is 16.1 Å². The van der Waals surface area contributed by atoms with E-state index in [9.17, 15) is 26.3 Å². The number of aryl methyl sites for hydroxylation is 1. The first-order valence-corrected chi connectivity index (χ1v) is 20.2. The average Bonchev–Trinajstić information content (AvgIpc) is 3.93. The maximum Gasteiger partial charge on any atom is 0.573 e. The van der Waals surface area contributed by atoms with E-state index >= 15 is 0 Å². The molecule has 4 atom stereocenters. The van der Waals surface area contributed by atoms with E-state index in [-0.39, 0.29) is 34.3 Å². The third kappa shape index (κ3) is 8.20. The summed E-state index contributed by atoms with van der Waals surface area (Å²) < 4.78 is 105. The standard InChI is InChI=1S/C37H25Cl3F6N6O4S2/c1-20-7-2-3-12-25(20)35(31(56-35)24-11-6-14-27(40)29(24)54-37(44,45)46)17-52-33(48-19-50-52)58-57-32-47-18-49-51(32)16-34(21-8-4-9-22(38)15-21)30(55-34)23-10-5-13-26(39)28(23)53-36(41,42)43/h2-15,18-19,30-31H,16-17H2,1H3. The van der Waals surface area contributed by atoms with Crippen LogP contribution in [0.1, 0.15) is 40.0 Å². The van der Waals surface area contributed by atoms with Gasteiger partial charge in [-0.05, 0) is 69.5 Å². The number of benzene rings is 4. The fraction of sp³-hybridized carbons (Fsp3) is 0.243. The number of hydrogen-bond acceptors (Lipinski definition) is 10. The summed E-state index contributed by atoms with van der Waals surface area (Å²) in [5.74, 6) is -1.14. The van der Waals surface area contributed by atoms with Gasteiger partial charge in [-0.25, -0.2) is 19.3 Å². The molecule has 2 aromatic heterocycles. The highest BCUT2D eigenvalue weighted by atomic mass is 35.5. The first kappa shape index (κ1) is 40.6. The van der Waals surface area contributed by atoms with Gasteiger partial charge in [-0.1, -0.05) is 95.5 Å². The quantitative estimate of drug-likeness (QED) is 0.0632. The molecule has 8 rings (SSSR count). The number of alkyl halides is 6. The normalized spacial score (nSPS) is 21.6. The summed E-state index contributed by atoms with van der Waals surface area (Å²) in [7, 11) is 2.32. The van der Waals surface area contributed by atoms with Crippen LogP contribution in [0.3, 0.4) is 0 Å². The first-order chi connectivity index (χ1) is 27.6. The van der Waals surface area contributed by atoms with Gasteiger partial charge in [-0.15, -0.1) is 26.3 Å². The van der Waals surface area contributed by atoms with Crippen LogP contribution in [0.5, 0.6) is 11.5 Å². The summed E-state index contributed by atoms with van der Waals surface area (Å²) in [5, 5.41) is 9.47. The number of aromatic nitrogens is 6. The predicted octanol–water partition coefficient (Wildman–Crippen LogP) is 11.1. The van der Waals surface area contributed by atoms with Gasteiger partial charge in [0.05, 0.1) is 23.1 Å². The molecule has 4 unspecified atom stereocenters. The van der Waals surface area contributed by atoms with Gasteiger partial charge in [0.1, 0.15) is 36.1 Å². The average molecular weight is 902 g/mol. The van der Waals surface area contributed by atoms with Crippen molar-refractivity contribution < 1.29 is 45.3 Å². The molecule has 2 saturated heterocycles. The maximum absolute atomic E-state index is 13.5. The molecular weight excluding hydrogens is 877 g/mol. The summed E-state index contributed by atoms with van der Waals surface area (Å²) in [6, 6.07) is 22.6. The molecule has 21 heteroatoms. The van der Waals surface area contributed by atoms with Gasteiger partial charge in [0.15, 0.2) is 21.8 Å². The number of ether oxygens (including phenoxy) is 4. The Morgan fingerprint density at radius 3 is 1.71 bits per heavy atom. The van der Waals surface area contributed by atoms with E-state index in [0.717, 1.165) is 27.2 Å². The summed E-state index contributed by atoms with van der Waals surface area (Å²) in [5.41, 5.74) is -0.180. The van der Waals surface area contributed by atoms with Crippen molar-refractivity contribution in [2.45, 2.75) is 66.5 Å². The molecule has 2 fully saturated rings. The van der Waals surface area contributed by atoms with E-state index in [0.29, 0.717) is 26.5 Å². The first-order valence-electron chi connectivity index (χ1n) is 16.9. The molecule has 10 nitrogen and oxygen atoms in total. The van der Waals surface area contributed by atoms with E-state index < -0.39 is 47.6 Å². The van der Waals surface area contributed by atoms with Crippen LogP contribution in [0.25, 0.3) is 0 Å². The molecule has 2 aliphatic rings. The third-order valence-corrected chi connectivity index (χ3v) is 12.4. The lowest BCUT2D eigenvalue weighted by atomic mass is 9.88. The van der Waals surface area contributed by atoms with Crippen molar-refractivity contribution in [1.29, 1.82) is 0 Å². The minimum absolute atomic E-state index is 0.0144. The molecule has 4 heterocycles. The van der Waals surface area contributed by atoms with Crippen LogP contribution in [0, 0.1) is 6.92 Å². The third-order valence-electron chi connectivity index (χ3n) is 9.42. The Bertz CT molecular complexity index is 2490. The number of hydrogen-bond donors (Lipinski definition) is 0. The fourth-order valence-corrected chi connectivity index (χ4v) is 9.48. The van der Waals surface area contributed by atoms with Crippen molar-refractivity contribution in [2.24, 2.45) is 0 Å². The summed E-state index contributed by atoms with van der Waals surface area (Å²) >= 11 is 18.8. The highest BCUT2D eigenvalue weighted by Crippen LogP contribution is 2.63. The largest absolute Gasteiger partial charge is 0.573 e. The Labute approximate surface area is 348 Å². The molecule has 0 spiro atoms. The van der Waals surface area contributed by atoms with Gasteiger partial charge in [-0.2, -0.15) is 10.2 Å². The Balaban J connectivity index is 1.07. The van der Waals surface area contributed by atoms with Crippen molar-refractivity contribution in [3.05, 3.63) is 140 Å². The summed E-state index contributed by atoms with van der Waals surface area (Å²) in [6.45, 7) is 1.88. The van der Waals surface area contributed by atoms with Gasteiger partial charge < -0.3 is 18.9 Å². The van der Waals surface area contributed by atoms with Gasteiger partial charge in [0.25, 0.3) is 0 Å². The second-order valence-electron chi connectivity index (χ2n) is 13.1. The lowest BCUT2D eigenvalue weighted by Crippen LogP contribution is -2.22. The SMILES string of the molecule is Cc1ccccc1C1(Cn2ncnc2SSc2ncnn2CC2(c3cccc(Cl)c3)OC2c2cccc(Cl)c2OC(F)(F)F)OC1c1cccc(Cl)c1OC(F)(F)F. The highest BCUT2D eigenvalue weighted by molar-refractivity contribution is 8.76. The monoisotopic (exact) mass is 900 g/mol. The number of para-hydroxylation sites is 2. The van der Waals surface area contributed by atoms with Gasteiger partial charge in [-0.3, -0.25) is 0 Å². The molecule has 2 aliphatic heterocycles. The van der Waals surface area contributed by atoms with E-state index in [1.54, 1.807) is 35.0 Å². The van der Waals surface area contributed by atoms with E-state index in [2.05, 4.69) is 29.6 Å². The molecule has 4 aromatic carbocycles. The van der Waals surface area contributed by atoms with Gasteiger partial charge in [0.2, 0.25) is 0 Å². The predicted molar refractivity (Wildman–Crippen MR) is 202 cm³/mol. The van der Waals surface area contributed by atoms with Crippen LogP contribution in [0.4, 0.5) is 26.3 Å². The molecule has 0 amide bonds. The van der Waals surface area contributed by atoms with Crippen LogP contribution in [0.15, 0.2) is 108 Å². The van der Waals surface area contributed by atoms with Crippen molar-refractivity contribution in [3.8, 4) is 11.5 Å². The maximum atomic E-state index is 13.5. The molecule has 0 aliphatic carbocycles. The second-order valence-corrected chi connectivity index (χ2v) is 16.4. The second kappa shape index (κ2) is 15.5. The van der Waals surface area contributed by atoms with E-state index in [1.807, 2.05) is 25.1 Å². The molecule has 0 N–H and O–H groups in total. The topological polar surface area (TPSA) is 105 Å². The van der Waals surface area contributed by atoms with Crippen LogP contribution < -0.4 is 9.47 Å². The Morgan fingerprint density at radius 2 is 1.17 bits per heavy atom. The molecular formula is C37H25Cl3F6N6O4S2. The fourth-order valence-electron chi connectivity index (χ4n) is 6.91. The molecule has 0 bridgehead atoms. The van der Waals surface area contributed by atoms with Crippen molar-refractivity contribution in [1.82, 2.24) is 29.5 Å². The van der Waals surface area contributed by atoms with Crippen molar-refractivity contribution in [3.63, 3.8) is 0 Å². The molecule has 58 heavy (non-hydrogen) atoms. The molecule has 0 radical (unpaired) electrons. The zero-order chi connectivity index (χ0) is 41.0. The van der Waals surface area contributed by atoms with E-state index in [4.69, 9.17) is 44.3 Å².